The molecule has 0 amide bonds. The van der Waals surface area contributed by atoms with Crippen LogP contribution in [0.25, 0.3) is 0 Å². The predicted molar refractivity (Wildman–Crippen MR) is 121 cm³/mol. The lowest BCUT2D eigenvalue weighted by molar-refractivity contribution is 0.103. The van der Waals surface area contributed by atoms with E-state index in [9.17, 15) is 4.79 Å². The van der Waals surface area contributed by atoms with Crippen molar-refractivity contribution >= 4 is 17.7 Å². The first-order valence-electron chi connectivity index (χ1n) is 10.2. The number of carbonyl (C=O) groups is 1. The van der Waals surface area contributed by atoms with Gasteiger partial charge >= 0.3 is 0 Å². The third kappa shape index (κ3) is 5.55. The molecule has 0 bridgehead atoms. The fraction of sp³-hybridized carbons (Fsp3) is 0.304. The number of nitrogens with zero attached hydrogens (tertiary/aromatic N) is 4. The normalized spacial score (nSPS) is 12.5. The van der Waals surface area contributed by atoms with Crippen LogP contribution in [-0.4, -0.2) is 58.6 Å². The van der Waals surface area contributed by atoms with Crippen LogP contribution in [0.3, 0.4) is 0 Å². The van der Waals surface area contributed by atoms with Gasteiger partial charge in [-0.3, -0.25) is 9.89 Å². The molecular formula is C23H28N6O2. The van der Waals surface area contributed by atoms with Crippen LogP contribution >= 0.6 is 0 Å². The SMILES string of the molecule is CCN(CCOC)C(N)=Nc1n[nH]c(C(C)c2cccc(C(=O)c3ccccc3)c2)n1. The number of ketones is 1. The first-order chi connectivity index (χ1) is 15.0. The first kappa shape index (κ1) is 22.2. The van der Waals surface area contributed by atoms with E-state index in [0.29, 0.717) is 42.6 Å². The molecule has 0 saturated carbocycles. The summed E-state index contributed by atoms with van der Waals surface area (Å²) in [6, 6.07) is 16.8. The van der Waals surface area contributed by atoms with Gasteiger partial charge in [0.1, 0.15) is 5.82 Å². The van der Waals surface area contributed by atoms with E-state index < -0.39 is 0 Å². The van der Waals surface area contributed by atoms with E-state index >= 15 is 0 Å². The van der Waals surface area contributed by atoms with E-state index in [1.807, 2.05) is 73.3 Å². The van der Waals surface area contributed by atoms with Crippen LogP contribution in [0.1, 0.15) is 47.1 Å². The molecule has 0 aliphatic heterocycles. The standard InChI is InChI=1S/C23H28N6O2/c1-4-29(13-14-31-3)22(24)26-23-25-21(27-28-23)16(2)18-11-8-12-19(15-18)20(30)17-9-6-5-7-10-17/h5-12,15-16H,4,13-14H2,1-3H3,(H3,24,25,26,27,28). The highest BCUT2D eigenvalue weighted by molar-refractivity contribution is 6.09. The Kier molecular flexibility index (Phi) is 7.50. The van der Waals surface area contributed by atoms with Crippen LogP contribution in [0.4, 0.5) is 5.95 Å². The molecule has 0 aliphatic rings. The number of benzene rings is 2. The zero-order valence-corrected chi connectivity index (χ0v) is 18.1. The summed E-state index contributed by atoms with van der Waals surface area (Å²) in [5.74, 6) is 1.15. The number of hydrogen-bond acceptors (Lipinski definition) is 5. The summed E-state index contributed by atoms with van der Waals surface area (Å²) in [5.41, 5.74) is 8.34. The lowest BCUT2D eigenvalue weighted by Crippen LogP contribution is -2.39. The van der Waals surface area contributed by atoms with E-state index in [0.717, 1.165) is 5.56 Å². The molecule has 0 aliphatic carbocycles. The maximum Gasteiger partial charge on any atom is 0.271 e. The van der Waals surface area contributed by atoms with Crippen LogP contribution in [0.5, 0.6) is 0 Å². The quantitative estimate of drug-likeness (QED) is 0.313. The van der Waals surface area contributed by atoms with Gasteiger partial charge in [0, 0.05) is 37.2 Å². The van der Waals surface area contributed by atoms with Crippen molar-refractivity contribution in [2.75, 3.05) is 26.8 Å². The van der Waals surface area contributed by atoms with Crippen molar-refractivity contribution in [2.24, 2.45) is 10.7 Å². The maximum absolute atomic E-state index is 12.8. The van der Waals surface area contributed by atoms with Crippen molar-refractivity contribution in [2.45, 2.75) is 19.8 Å². The van der Waals surface area contributed by atoms with Gasteiger partial charge in [-0.2, -0.15) is 9.98 Å². The Balaban J connectivity index is 1.77. The number of H-pyrrole nitrogens is 1. The number of aromatic nitrogens is 3. The molecule has 2 aromatic carbocycles. The number of methoxy groups -OCH3 is 1. The van der Waals surface area contributed by atoms with Crippen molar-refractivity contribution in [3.63, 3.8) is 0 Å². The van der Waals surface area contributed by atoms with Gasteiger partial charge in [-0.1, -0.05) is 55.5 Å². The van der Waals surface area contributed by atoms with Gasteiger partial charge in [-0.05, 0) is 18.6 Å². The molecule has 8 heteroatoms. The van der Waals surface area contributed by atoms with Gasteiger partial charge in [0.2, 0.25) is 0 Å². The number of nitrogens with two attached hydrogens (primary N) is 1. The molecule has 3 rings (SSSR count). The third-order valence-corrected chi connectivity index (χ3v) is 5.07. The Bertz CT molecular complexity index is 1030. The summed E-state index contributed by atoms with van der Waals surface area (Å²) in [5, 5.41) is 7.11. The molecule has 0 saturated heterocycles. The lowest BCUT2D eigenvalue weighted by Gasteiger charge is -2.20. The van der Waals surface area contributed by atoms with Crippen LogP contribution < -0.4 is 5.73 Å². The molecule has 0 spiro atoms. The second kappa shape index (κ2) is 10.5. The highest BCUT2D eigenvalue weighted by atomic mass is 16.5. The molecule has 31 heavy (non-hydrogen) atoms. The fourth-order valence-corrected chi connectivity index (χ4v) is 3.18. The van der Waals surface area contributed by atoms with E-state index in [-0.39, 0.29) is 17.6 Å². The number of aliphatic imine (C=N–C) groups is 1. The van der Waals surface area contributed by atoms with Crippen LogP contribution in [-0.2, 0) is 4.74 Å². The van der Waals surface area contributed by atoms with E-state index in [4.69, 9.17) is 10.5 Å². The molecule has 1 heterocycles. The van der Waals surface area contributed by atoms with Crippen LogP contribution in [0, 0.1) is 0 Å². The largest absolute Gasteiger partial charge is 0.383 e. The Hall–Kier alpha value is -3.52. The van der Waals surface area contributed by atoms with Gasteiger partial charge in [-0.25, -0.2) is 0 Å². The minimum atomic E-state index is -0.100. The number of likely N-dealkylation sites (N-methyl/N-ethyl adjacent to an activating group) is 1. The number of aromatic amines is 1. The zero-order chi connectivity index (χ0) is 22.2. The summed E-state index contributed by atoms with van der Waals surface area (Å²) < 4.78 is 5.10. The van der Waals surface area contributed by atoms with Gasteiger partial charge in [0.15, 0.2) is 11.7 Å². The average Bonchev–Trinajstić information content (AvgIpc) is 3.27. The Labute approximate surface area is 182 Å². The lowest BCUT2D eigenvalue weighted by atomic mass is 9.95. The molecule has 8 nitrogen and oxygen atoms in total. The van der Waals surface area contributed by atoms with Crippen LogP contribution in [0.2, 0.25) is 0 Å². The fourth-order valence-electron chi connectivity index (χ4n) is 3.18. The maximum atomic E-state index is 12.8. The monoisotopic (exact) mass is 420 g/mol. The number of ether oxygens (including phenoxy) is 1. The van der Waals surface area contributed by atoms with E-state index in [2.05, 4.69) is 20.2 Å². The highest BCUT2D eigenvalue weighted by Crippen LogP contribution is 2.24. The minimum Gasteiger partial charge on any atom is -0.383 e. The number of carbonyl (C=O) groups excluding carboxylic acids is 1. The molecular weight excluding hydrogens is 392 g/mol. The first-order valence-corrected chi connectivity index (χ1v) is 10.2. The molecule has 1 unspecified atom stereocenters. The molecule has 0 fully saturated rings. The van der Waals surface area contributed by atoms with E-state index in [1.54, 1.807) is 7.11 Å². The molecule has 1 aromatic heterocycles. The van der Waals surface area contributed by atoms with Crippen molar-refractivity contribution in [3.8, 4) is 0 Å². The molecule has 1 atom stereocenters. The predicted octanol–water partition coefficient (Wildman–Crippen LogP) is 3.10. The molecule has 0 radical (unpaired) electrons. The third-order valence-electron chi connectivity index (χ3n) is 5.07. The molecule has 3 N–H and O–H groups in total. The van der Waals surface area contributed by atoms with Gasteiger partial charge in [-0.15, -0.1) is 5.10 Å². The summed E-state index contributed by atoms with van der Waals surface area (Å²) >= 11 is 0. The summed E-state index contributed by atoms with van der Waals surface area (Å²) in [6.07, 6.45) is 0. The number of guanidine groups is 1. The minimum absolute atomic E-state index is 0.0130. The second-order valence-corrected chi connectivity index (χ2v) is 7.11. The summed E-state index contributed by atoms with van der Waals surface area (Å²) in [4.78, 5) is 23.5. The van der Waals surface area contributed by atoms with Crippen molar-refractivity contribution < 1.29 is 9.53 Å². The topological polar surface area (TPSA) is 109 Å². The average molecular weight is 421 g/mol. The zero-order valence-electron chi connectivity index (χ0n) is 18.1. The summed E-state index contributed by atoms with van der Waals surface area (Å²) in [6.45, 7) is 5.89. The van der Waals surface area contributed by atoms with Crippen molar-refractivity contribution in [1.29, 1.82) is 0 Å². The second-order valence-electron chi connectivity index (χ2n) is 7.11. The molecule has 162 valence electrons. The Morgan fingerprint density at radius 1 is 1.19 bits per heavy atom. The van der Waals surface area contributed by atoms with Crippen molar-refractivity contribution in [1.82, 2.24) is 20.1 Å². The molecule has 3 aromatic rings. The van der Waals surface area contributed by atoms with Gasteiger partial charge in [0.25, 0.3) is 5.95 Å². The van der Waals surface area contributed by atoms with Crippen LogP contribution in [0.15, 0.2) is 59.6 Å². The highest BCUT2D eigenvalue weighted by Gasteiger charge is 2.17. The number of rotatable bonds is 9. The number of nitrogens with one attached hydrogen (secondary N) is 1. The Morgan fingerprint density at radius 2 is 1.94 bits per heavy atom. The van der Waals surface area contributed by atoms with E-state index in [1.165, 1.54) is 0 Å². The summed E-state index contributed by atoms with van der Waals surface area (Å²) in [7, 11) is 1.65. The Morgan fingerprint density at radius 3 is 2.65 bits per heavy atom. The number of hydrogen-bond donors (Lipinski definition) is 2. The van der Waals surface area contributed by atoms with Gasteiger partial charge in [0.05, 0.1) is 6.61 Å². The van der Waals surface area contributed by atoms with Crippen molar-refractivity contribution in [3.05, 3.63) is 77.1 Å². The van der Waals surface area contributed by atoms with Gasteiger partial charge < -0.3 is 15.4 Å². The smallest absolute Gasteiger partial charge is 0.271 e.